The number of sulfonamides is 1. The summed E-state index contributed by atoms with van der Waals surface area (Å²) in [6.45, 7) is 5.81. The Hall–Kier alpha value is -1.08. The van der Waals surface area contributed by atoms with Crippen molar-refractivity contribution in [2.24, 2.45) is 5.14 Å². The fraction of sp³-hybridized carbons (Fsp3) is 0.286. The Bertz CT molecular complexity index is 769. The Kier molecular flexibility index (Phi) is 4.63. The normalized spacial score (nSPS) is 13.2. The molecule has 3 N–H and O–H groups in total. The number of nitrogens with one attached hydrogen (secondary N) is 1. The molecular weight excluding hydrogens is 328 g/mol. The summed E-state index contributed by atoms with van der Waals surface area (Å²) in [6, 6.07) is 6.98. The van der Waals surface area contributed by atoms with Crippen LogP contribution in [0.1, 0.15) is 29.0 Å². The topological polar surface area (TPSA) is 72.2 Å². The van der Waals surface area contributed by atoms with Gasteiger partial charge in [0.15, 0.2) is 0 Å². The maximum Gasteiger partial charge on any atom is 0.238 e. The molecule has 0 spiro atoms. The van der Waals surface area contributed by atoms with Gasteiger partial charge in [-0.25, -0.2) is 13.6 Å². The molecule has 0 aliphatic heterocycles. The molecule has 2 rings (SSSR count). The lowest BCUT2D eigenvalue weighted by molar-refractivity contribution is 0.597. The monoisotopic (exact) mass is 344 g/mol. The smallest absolute Gasteiger partial charge is 0.238 e. The molecule has 1 aromatic heterocycles. The molecule has 0 radical (unpaired) electrons. The number of benzene rings is 1. The highest BCUT2D eigenvalue weighted by Crippen LogP contribution is 2.31. The van der Waals surface area contributed by atoms with E-state index < -0.39 is 10.0 Å². The highest BCUT2D eigenvalue weighted by atomic mass is 35.5. The summed E-state index contributed by atoms with van der Waals surface area (Å²) in [7, 11) is -3.72. The first-order valence-corrected chi connectivity index (χ1v) is 9.08. The first-order valence-electron chi connectivity index (χ1n) is 6.34. The average Bonchev–Trinajstić information content (AvgIpc) is 2.80. The molecule has 114 valence electrons. The van der Waals surface area contributed by atoms with Crippen molar-refractivity contribution >= 4 is 38.6 Å². The summed E-state index contributed by atoms with van der Waals surface area (Å²) in [5, 5.41) is 8.54. The molecule has 1 atom stereocenters. The summed E-state index contributed by atoms with van der Waals surface area (Å²) in [5.74, 6) is 0. The van der Waals surface area contributed by atoms with Crippen molar-refractivity contribution in [3.05, 3.63) is 44.6 Å². The highest BCUT2D eigenvalue weighted by Gasteiger charge is 2.15. The van der Waals surface area contributed by atoms with Gasteiger partial charge in [-0.05, 0) is 56.2 Å². The molecular formula is C14H17ClN2O2S2. The number of halogens is 1. The molecule has 0 saturated heterocycles. The van der Waals surface area contributed by atoms with E-state index in [0.29, 0.717) is 0 Å². The molecule has 0 bridgehead atoms. The third kappa shape index (κ3) is 3.77. The average molecular weight is 345 g/mol. The fourth-order valence-electron chi connectivity index (χ4n) is 2.01. The summed E-state index contributed by atoms with van der Waals surface area (Å²) < 4.78 is 23.8. The van der Waals surface area contributed by atoms with Crippen molar-refractivity contribution in [1.29, 1.82) is 0 Å². The minimum atomic E-state index is -3.72. The van der Waals surface area contributed by atoms with Crippen LogP contribution in [-0.2, 0) is 10.0 Å². The van der Waals surface area contributed by atoms with Crippen molar-refractivity contribution in [3.63, 3.8) is 0 Å². The SMILES string of the molecule is Cc1cc(S(N)(=O)=O)cc(NC(C)c2ccc(Cl)s2)c1C. The molecule has 0 fully saturated rings. The Morgan fingerprint density at radius 3 is 2.48 bits per heavy atom. The van der Waals surface area contributed by atoms with E-state index in [1.165, 1.54) is 11.3 Å². The molecule has 21 heavy (non-hydrogen) atoms. The lowest BCUT2D eigenvalue weighted by Gasteiger charge is -2.18. The Labute approximate surface area is 134 Å². The third-order valence-corrected chi connectivity index (χ3v) is 5.67. The van der Waals surface area contributed by atoms with Crippen LogP contribution in [0.5, 0.6) is 0 Å². The van der Waals surface area contributed by atoms with Crippen molar-refractivity contribution in [2.45, 2.75) is 31.7 Å². The van der Waals surface area contributed by atoms with E-state index in [2.05, 4.69) is 5.32 Å². The zero-order valence-electron chi connectivity index (χ0n) is 12.0. The second kappa shape index (κ2) is 5.96. The number of nitrogens with two attached hydrogens (primary N) is 1. The first-order chi connectivity index (χ1) is 9.68. The van der Waals surface area contributed by atoms with E-state index in [-0.39, 0.29) is 10.9 Å². The Morgan fingerprint density at radius 1 is 1.29 bits per heavy atom. The summed E-state index contributed by atoms with van der Waals surface area (Å²) >= 11 is 7.44. The zero-order chi connectivity index (χ0) is 15.8. The van der Waals surface area contributed by atoms with E-state index >= 15 is 0 Å². The van der Waals surface area contributed by atoms with Crippen LogP contribution in [0.25, 0.3) is 0 Å². The first kappa shape index (κ1) is 16.3. The Balaban J connectivity index is 2.37. The molecule has 0 aliphatic rings. The number of thiophene rings is 1. The molecule has 1 aromatic carbocycles. The number of rotatable bonds is 4. The molecule has 0 aliphatic carbocycles. The molecule has 7 heteroatoms. The van der Waals surface area contributed by atoms with E-state index in [9.17, 15) is 8.42 Å². The van der Waals surface area contributed by atoms with Crippen LogP contribution < -0.4 is 10.5 Å². The van der Waals surface area contributed by atoms with E-state index in [1.54, 1.807) is 12.1 Å². The van der Waals surface area contributed by atoms with E-state index in [0.717, 1.165) is 26.0 Å². The minimum absolute atomic E-state index is 0.0244. The second-order valence-corrected chi connectivity index (χ2v) is 8.27. The van der Waals surface area contributed by atoms with Crippen molar-refractivity contribution in [3.8, 4) is 0 Å². The fourth-order valence-corrected chi connectivity index (χ4v) is 3.69. The van der Waals surface area contributed by atoms with Crippen LogP contribution in [0.4, 0.5) is 5.69 Å². The lowest BCUT2D eigenvalue weighted by atomic mass is 10.1. The van der Waals surface area contributed by atoms with Gasteiger partial charge in [-0.1, -0.05) is 11.6 Å². The lowest BCUT2D eigenvalue weighted by Crippen LogP contribution is -2.14. The molecule has 1 unspecified atom stereocenters. The quantitative estimate of drug-likeness (QED) is 0.885. The van der Waals surface area contributed by atoms with Crippen molar-refractivity contribution in [1.82, 2.24) is 0 Å². The van der Waals surface area contributed by atoms with Crippen LogP contribution in [0.15, 0.2) is 29.2 Å². The van der Waals surface area contributed by atoms with Crippen LogP contribution in [-0.4, -0.2) is 8.42 Å². The molecule has 2 aromatic rings. The molecule has 1 heterocycles. The largest absolute Gasteiger partial charge is 0.377 e. The summed E-state index contributed by atoms with van der Waals surface area (Å²) in [6.07, 6.45) is 0. The minimum Gasteiger partial charge on any atom is -0.377 e. The number of primary sulfonamides is 1. The molecule has 4 nitrogen and oxygen atoms in total. The molecule has 0 amide bonds. The van der Waals surface area contributed by atoms with Crippen LogP contribution in [0.3, 0.4) is 0 Å². The molecule has 0 saturated carbocycles. The Morgan fingerprint density at radius 2 is 1.95 bits per heavy atom. The van der Waals surface area contributed by atoms with Gasteiger partial charge >= 0.3 is 0 Å². The summed E-state index contributed by atoms with van der Waals surface area (Å²) in [5.41, 5.74) is 2.63. The van der Waals surface area contributed by atoms with Crippen LogP contribution >= 0.6 is 22.9 Å². The van der Waals surface area contributed by atoms with Gasteiger partial charge in [0.1, 0.15) is 0 Å². The number of hydrogen-bond acceptors (Lipinski definition) is 4. The van der Waals surface area contributed by atoms with Gasteiger partial charge in [0.2, 0.25) is 10.0 Å². The van der Waals surface area contributed by atoms with Crippen LogP contribution in [0.2, 0.25) is 4.34 Å². The van der Waals surface area contributed by atoms with Crippen molar-refractivity contribution in [2.75, 3.05) is 5.32 Å². The van der Waals surface area contributed by atoms with Gasteiger partial charge < -0.3 is 5.32 Å². The van der Waals surface area contributed by atoms with Crippen molar-refractivity contribution < 1.29 is 8.42 Å². The van der Waals surface area contributed by atoms with E-state index in [4.69, 9.17) is 16.7 Å². The standard InChI is InChI=1S/C14H17ClN2O2S2/c1-8-6-11(21(16,18)19)7-12(9(8)2)17-10(3)13-4-5-14(15)20-13/h4-7,10,17H,1-3H3,(H2,16,18,19). The third-order valence-electron chi connectivity index (χ3n) is 3.36. The van der Waals surface area contributed by atoms with Gasteiger partial charge in [-0.3, -0.25) is 0 Å². The van der Waals surface area contributed by atoms with Gasteiger partial charge in [0, 0.05) is 10.6 Å². The van der Waals surface area contributed by atoms with Gasteiger partial charge in [0.25, 0.3) is 0 Å². The number of hydrogen-bond donors (Lipinski definition) is 2. The van der Waals surface area contributed by atoms with Gasteiger partial charge in [-0.2, -0.15) is 0 Å². The zero-order valence-corrected chi connectivity index (χ0v) is 14.4. The van der Waals surface area contributed by atoms with Crippen LogP contribution in [0, 0.1) is 13.8 Å². The second-order valence-electron chi connectivity index (χ2n) is 4.97. The number of anilines is 1. The van der Waals surface area contributed by atoms with Gasteiger partial charge in [-0.15, -0.1) is 11.3 Å². The summed E-state index contributed by atoms with van der Waals surface area (Å²) in [4.78, 5) is 1.20. The highest BCUT2D eigenvalue weighted by molar-refractivity contribution is 7.89. The number of aryl methyl sites for hydroxylation is 1. The predicted octanol–water partition coefficient (Wildman–Crippen LogP) is 3.84. The van der Waals surface area contributed by atoms with E-state index in [1.807, 2.05) is 32.9 Å². The maximum absolute atomic E-state index is 11.5. The predicted molar refractivity (Wildman–Crippen MR) is 88.7 cm³/mol. The van der Waals surface area contributed by atoms with Gasteiger partial charge in [0.05, 0.1) is 15.3 Å². The maximum atomic E-state index is 11.5.